The van der Waals surface area contributed by atoms with Crippen LogP contribution in [-0.2, 0) is 9.53 Å². The van der Waals surface area contributed by atoms with Crippen LogP contribution >= 0.6 is 12.4 Å². The first-order chi connectivity index (χ1) is 9.91. The molecule has 0 saturated heterocycles. The van der Waals surface area contributed by atoms with Crippen molar-refractivity contribution in [2.75, 3.05) is 13.2 Å². The van der Waals surface area contributed by atoms with Crippen molar-refractivity contribution in [2.24, 2.45) is 17.1 Å². The largest absolute Gasteiger partial charge is 0.378 e. The van der Waals surface area contributed by atoms with E-state index in [1.165, 1.54) is 32.1 Å². The Kier molecular flexibility index (Phi) is 7.16. The van der Waals surface area contributed by atoms with Gasteiger partial charge in [-0.05, 0) is 25.7 Å². The molecule has 2 fully saturated rings. The van der Waals surface area contributed by atoms with Gasteiger partial charge in [-0.15, -0.1) is 12.4 Å². The van der Waals surface area contributed by atoms with Crippen molar-refractivity contribution in [1.29, 1.82) is 0 Å². The van der Waals surface area contributed by atoms with E-state index < -0.39 is 5.54 Å². The highest BCUT2D eigenvalue weighted by Gasteiger charge is 2.62. The number of amides is 1. The normalized spacial score (nSPS) is 30.5. The minimum atomic E-state index is -0.778. The Morgan fingerprint density at radius 2 is 1.95 bits per heavy atom. The number of nitrogens with one attached hydrogen (secondary N) is 1. The highest BCUT2D eigenvalue weighted by atomic mass is 35.5. The summed E-state index contributed by atoms with van der Waals surface area (Å²) in [6.07, 6.45) is 8.55. The lowest BCUT2D eigenvalue weighted by molar-refractivity contribution is -0.170. The summed E-state index contributed by atoms with van der Waals surface area (Å²) in [6, 6.07) is 0. The van der Waals surface area contributed by atoms with Crippen LogP contribution in [0.2, 0.25) is 0 Å². The van der Waals surface area contributed by atoms with E-state index >= 15 is 0 Å². The molecule has 3 N–H and O–H groups in total. The van der Waals surface area contributed by atoms with Crippen LogP contribution in [-0.4, -0.2) is 30.7 Å². The molecule has 1 amide bonds. The van der Waals surface area contributed by atoms with Crippen LogP contribution in [0.3, 0.4) is 0 Å². The molecule has 0 spiro atoms. The summed E-state index contributed by atoms with van der Waals surface area (Å²) in [7, 11) is 0. The molecule has 130 valence electrons. The summed E-state index contributed by atoms with van der Waals surface area (Å²) < 4.78 is 5.67. The zero-order chi connectivity index (χ0) is 15.5. The topological polar surface area (TPSA) is 64.3 Å². The monoisotopic (exact) mass is 332 g/mol. The minimum absolute atomic E-state index is 0. The first-order valence-corrected chi connectivity index (χ1v) is 8.60. The van der Waals surface area contributed by atoms with Gasteiger partial charge in [0.2, 0.25) is 5.91 Å². The summed E-state index contributed by atoms with van der Waals surface area (Å²) in [6.45, 7) is 7.48. The zero-order valence-electron chi connectivity index (χ0n) is 14.3. The second kappa shape index (κ2) is 7.98. The van der Waals surface area contributed by atoms with Gasteiger partial charge in [-0.1, -0.05) is 39.5 Å². The molecule has 0 aromatic heterocycles. The molecule has 0 radical (unpaired) electrons. The minimum Gasteiger partial charge on any atom is -0.378 e. The molecule has 2 rings (SSSR count). The van der Waals surface area contributed by atoms with Crippen molar-refractivity contribution in [3.8, 4) is 0 Å². The second-order valence-electron chi connectivity index (χ2n) is 7.39. The third-order valence-corrected chi connectivity index (χ3v) is 5.78. The van der Waals surface area contributed by atoms with Crippen LogP contribution in [0, 0.1) is 11.3 Å². The van der Waals surface area contributed by atoms with Crippen LogP contribution in [0.25, 0.3) is 0 Å². The van der Waals surface area contributed by atoms with E-state index in [1.54, 1.807) is 0 Å². The summed E-state index contributed by atoms with van der Waals surface area (Å²) in [5.74, 6) is 0.881. The lowest BCUT2D eigenvalue weighted by Gasteiger charge is -2.57. The van der Waals surface area contributed by atoms with Gasteiger partial charge in [-0.3, -0.25) is 4.79 Å². The Balaban J connectivity index is 0.00000242. The molecule has 2 aliphatic carbocycles. The van der Waals surface area contributed by atoms with Gasteiger partial charge in [0.25, 0.3) is 0 Å². The van der Waals surface area contributed by atoms with Crippen molar-refractivity contribution in [3.05, 3.63) is 0 Å². The number of carbonyl (C=O) groups is 1. The van der Waals surface area contributed by atoms with E-state index in [2.05, 4.69) is 5.32 Å². The zero-order valence-corrected chi connectivity index (χ0v) is 15.1. The molecule has 0 bridgehead atoms. The Morgan fingerprint density at radius 1 is 1.32 bits per heavy atom. The first-order valence-electron chi connectivity index (χ1n) is 8.60. The standard InChI is InChI=1S/C17H32N2O2.ClH/c1-4-21-14-12-17(18,16(14,2)3)15(20)19-11-7-10-13-8-5-6-9-13;/h13-14H,4-12,18H2,1-3H3,(H,19,20);1H. The molecule has 0 heterocycles. The van der Waals surface area contributed by atoms with Crippen LogP contribution in [0.5, 0.6) is 0 Å². The fraction of sp³-hybridized carbons (Fsp3) is 0.941. The van der Waals surface area contributed by atoms with E-state index in [4.69, 9.17) is 10.5 Å². The van der Waals surface area contributed by atoms with Gasteiger partial charge in [-0.25, -0.2) is 0 Å². The average molecular weight is 333 g/mol. The number of rotatable bonds is 7. The molecule has 0 aliphatic heterocycles. The van der Waals surface area contributed by atoms with E-state index in [1.807, 2.05) is 20.8 Å². The molecule has 2 aliphatic rings. The molecule has 2 unspecified atom stereocenters. The molecular formula is C17H33ClN2O2. The fourth-order valence-electron chi connectivity index (χ4n) is 3.87. The van der Waals surface area contributed by atoms with E-state index in [0.29, 0.717) is 13.0 Å². The third kappa shape index (κ3) is 3.77. The van der Waals surface area contributed by atoms with Gasteiger partial charge in [0.15, 0.2) is 0 Å². The average Bonchev–Trinajstić information content (AvgIpc) is 2.96. The smallest absolute Gasteiger partial charge is 0.240 e. The summed E-state index contributed by atoms with van der Waals surface area (Å²) in [4.78, 5) is 12.4. The maximum atomic E-state index is 12.4. The molecular weight excluding hydrogens is 300 g/mol. The van der Waals surface area contributed by atoms with E-state index in [9.17, 15) is 4.79 Å². The molecule has 4 nitrogen and oxygen atoms in total. The number of nitrogens with two attached hydrogens (primary N) is 1. The van der Waals surface area contributed by atoms with Crippen LogP contribution in [0.15, 0.2) is 0 Å². The molecule has 0 aromatic carbocycles. The summed E-state index contributed by atoms with van der Waals surface area (Å²) in [5.41, 5.74) is 5.29. The second-order valence-corrected chi connectivity index (χ2v) is 7.39. The maximum absolute atomic E-state index is 12.4. The van der Waals surface area contributed by atoms with Crippen molar-refractivity contribution < 1.29 is 9.53 Å². The van der Waals surface area contributed by atoms with Crippen LogP contribution in [0.1, 0.15) is 65.7 Å². The number of ether oxygens (including phenoxy) is 1. The quantitative estimate of drug-likeness (QED) is 0.704. The van der Waals surface area contributed by atoms with Gasteiger partial charge in [-0.2, -0.15) is 0 Å². The first kappa shape index (κ1) is 19.7. The third-order valence-electron chi connectivity index (χ3n) is 5.78. The van der Waals surface area contributed by atoms with Crippen molar-refractivity contribution >= 4 is 18.3 Å². The molecule has 5 heteroatoms. The molecule has 0 aromatic rings. The van der Waals surface area contributed by atoms with Crippen molar-refractivity contribution in [3.63, 3.8) is 0 Å². The van der Waals surface area contributed by atoms with Gasteiger partial charge in [0.1, 0.15) is 5.54 Å². The highest BCUT2D eigenvalue weighted by Crippen LogP contribution is 2.49. The number of hydrogen-bond donors (Lipinski definition) is 2. The van der Waals surface area contributed by atoms with E-state index in [-0.39, 0.29) is 29.8 Å². The molecule has 2 saturated carbocycles. The number of hydrogen-bond acceptors (Lipinski definition) is 3. The van der Waals surface area contributed by atoms with Gasteiger partial charge in [0, 0.05) is 25.0 Å². The number of halogens is 1. The van der Waals surface area contributed by atoms with Gasteiger partial charge in [0.05, 0.1) is 6.10 Å². The predicted octanol–water partition coefficient (Wildman–Crippen LogP) is 3.03. The van der Waals surface area contributed by atoms with Crippen LogP contribution in [0.4, 0.5) is 0 Å². The lowest BCUT2D eigenvalue weighted by Crippen LogP contribution is -2.75. The van der Waals surface area contributed by atoms with Gasteiger partial charge >= 0.3 is 0 Å². The van der Waals surface area contributed by atoms with Crippen LogP contribution < -0.4 is 11.1 Å². The summed E-state index contributed by atoms with van der Waals surface area (Å²) in [5, 5.41) is 3.05. The maximum Gasteiger partial charge on any atom is 0.240 e. The highest BCUT2D eigenvalue weighted by molar-refractivity contribution is 5.88. The number of carbonyl (C=O) groups excluding carboxylic acids is 1. The SMILES string of the molecule is CCOC1CC(N)(C(=O)NCCCC2CCCC2)C1(C)C.Cl. The fourth-order valence-corrected chi connectivity index (χ4v) is 3.87. The Bertz CT molecular complexity index is 370. The Labute approximate surface area is 141 Å². The van der Waals surface area contributed by atoms with E-state index in [0.717, 1.165) is 18.9 Å². The lowest BCUT2D eigenvalue weighted by atomic mass is 9.54. The van der Waals surface area contributed by atoms with Crippen molar-refractivity contribution in [1.82, 2.24) is 5.32 Å². The van der Waals surface area contributed by atoms with Gasteiger partial charge < -0.3 is 15.8 Å². The summed E-state index contributed by atoms with van der Waals surface area (Å²) >= 11 is 0. The predicted molar refractivity (Wildman–Crippen MR) is 92.2 cm³/mol. The van der Waals surface area contributed by atoms with Crippen molar-refractivity contribution in [2.45, 2.75) is 77.4 Å². The molecule has 22 heavy (non-hydrogen) atoms. The molecule has 2 atom stereocenters. The Hall–Kier alpha value is -0.320. The Morgan fingerprint density at radius 3 is 2.50 bits per heavy atom.